The van der Waals surface area contributed by atoms with Gasteiger partial charge in [0.05, 0.1) is 31.1 Å². The number of ether oxygens (including phenoxy) is 1. The molecule has 1 aromatic rings. The Morgan fingerprint density at radius 2 is 2.47 bits per heavy atom. The molecule has 1 saturated heterocycles. The van der Waals surface area contributed by atoms with Gasteiger partial charge in [-0.25, -0.2) is 9.98 Å². The van der Waals surface area contributed by atoms with Gasteiger partial charge in [0.2, 0.25) is 0 Å². The van der Waals surface area contributed by atoms with Crippen molar-refractivity contribution >= 4 is 11.6 Å². The lowest BCUT2D eigenvalue weighted by atomic mass is 10.0. The van der Waals surface area contributed by atoms with E-state index in [-0.39, 0.29) is 6.04 Å². The van der Waals surface area contributed by atoms with Crippen LogP contribution in [0.15, 0.2) is 17.3 Å². The van der Waals surface area contributed by atoms with Crippen molar-refractivity contribution in [3.8, 4) is 6.07 Å². The number of morpholine rings is 1. The largest absolute Gasteiger partial charge is 0.377 e. The zero-order valence-electron chi connectivity index (χ0n) is 9.13. The van der Waals surface area contributed by atoms with E-state index in [4.69, 9.17) is 15.7 Å². The van der Waals surface area contributed by atoms with Gasteiger partial charge in [0.1, 0.15) is 11.8 Å². The first-order chi connectivity index (χ1) is 8.29. The Kier molecular flexibility index (Phi) is 2.20. The quantitative estimate of drug-likeness (QED) is 0.690. The molecule has 1 fully saturated rings. The maximum Gasteiger partial charge on any atom is 0.197 e. The molecule has 0 amide bonds. The number of aliphatic imine (C=N–C) groups is 1. The predicted molar refractivity (Wildman–Crippen MR) is 60.5 cm³/mol. The third-order valence-electron chi connectivity index (χ3n) is 3.05. The first-order valence-electron chi connectivity index (χ1n) is 5.38. The number of guanidine groups is 1. The number of hydrogen-bond donors (Lipinski definition) is 1. The molecule has 0 aliphatic carbocycles. The number of rotatable bonds is 0. The summed E-state index contributed by atoms with van der Waals surface area (Å²) in [5, 5.41) is 8.87. The molecule has 0 spiro atoms. The van der Waals surface area contributed by atoms with E-state index in [1.807, 2.05) is 11.0 Å². The average molecular weight is 229 g/mol. The summed E-state index contributed by atoms with van der Waals surface area (Å²) in [5.74, 6) is 0.498. The van der Waals surface area contributed by atoms with Crippen molar-refractivity contribution in [2.75, 3.05) is 19.8 Å². The van der Waals surface area contributed by atoms with Crippen LogP contribution in [0.5, 0.6) is 0 Å². The minimum Gasteiger partial charge on any atom is -0.377 e. The molecule has 2 aliphatic heterocycles. The number of hydrogen-bond acceptors (Lipinski definition) is 6. The van der Waals surface area contributed by atoms with E-state index >= 15 is 0 Å². The minimum absolute atomic E-state index is 0.0475. The monoisotopic (exact) mass is 229 g/mol. The molecule has 2 N–H and O–H groups in total. The lowest BCUT2D eigenvalue weighted by molar-refractivity contribution is 0.0241. The Labute approximate surface area is 98.3 Å². The number of pyridine rings is 1. The molecule has 3 rings (SSSR count). The van der Waals surface area contributed by atoms with E-state index in [0.29, 0.717) is 24.9 Å². The molecule has 1 aromatic heterocycles. The number of aromatic nitrogens is 1. The molecule has 6 nitrogen and oxygen atoms in total. The summed E-state index contributed by atoms with van der Waals surface area (Å²) < 4.78 is 5.46. The van der Waals surface area contributed by atoms with Gasteiger partial charge in [0.15, 0.2) is 5.96 Å². The van der Waals surface area contributed by atoms with Gasteiger partial charge in [0.25, 0.3) is 0 Å². The molecular formula is C11H11N5O. The van der Waals surface area contributed by atoms with E-state index in [9.17, 15) is 0 Å². The first kappa shape index (κ1) is 10.1. The van der Waals surface area contributed by atoms with Crippen molar-refractivity contribution in [2.45, 2.75) is 6.04 Å². The number of nitriles is 1. The van der Waals surface area contributed by atoms with Crippen LogP contribution in [0.1, 0.15) is 17.3 Å². The summed E-state index contributed by atoms with van der Waals surface area (Å²) >= 11 is 0. The first-order valence-corrected chi connectivity index (χ1v) is 5.38. The normalized spacial score (nSPS) is 22.2. The molecule has 6 heteroatoms. The summed E-state index contributed by atoms with van der Waals surface area (Å²) in [5.41, 5.74) is 7.99. The van der Waals surface area contributed by atoms with Crippen LogP contribution in [0.25, 0.3) is 0 Å². The van der Waals surface area contributed by atoms with E-state index < -0.39 is 0 Å². The predicted octanol–water partition coefficient (Wildman–Crippen LogP) is 0.286. The molecule has 86 valence electrons. The second kappa shape index (κ2) is 3.71. The Morgan fingerprint density at radius 3 is 3.29 bits per heavy atom. The Hall–Kier alpha value is -2.13. The van der Waals surface area contributed by atoms with Gasteiger partial charge in [0, 0.05) is 12.1 Å². The minimum atomic E-state index is 0.0475. The third-order valence-corrected chi connectivity index (χ3v) is 3.05. The molecule has 0 unspecified atom stereocenters. The van der Waals surface area contributed by atoms with Gasteiger partial charge in [-0.2, -0.15) is 5.26 Å². The summed E-state index contributed by atoms with van der Waals surface area (Å²) in [4.78, 5) is 10.3. The van der Waals surface area contributed by atoms with Crippen molar-refractivity contribution in [1.29, 1.82) is 5.26 Å². The fourth-order valence-corrected chi connectivity index (χ4v) is 2.21. The highest BCUT2D eigenvalue weighted by atomic mass is 16.5. The fraction of sp³-hybridized carbons (Fsp3) is 0.364. The second-order valence-corrected chi connectivity index (χ2v) is 3.99. The van der Waals surface area contributed by atoms with Crippen LogP contribution < -0.4 is 5.73 Å². The van der Waals surface area contributed by atoms with Crippen LogP contribution >= 0.6 is 0 Å². The standard InChI is InChI=1S/C11H11N5O/c12-4-7-3-8-9(5-14-7)15-11(13)16-1-2-17-6-10(8)16/h3,5,10H,1-2,6H2,(H2,13,15)/t10-/m0/s1. The van der Waals surface area contributed by atoms with Crippen LogP contribution in [-0.2, 0) is 4.74 Å². The zero-order chi connectivity index (χ0) is 11.8. The number of nitrogens with zero attached hydrogens (tertiary/aromatic N) is 4. The smallest absolute Gasteiger partial charge is 0.197 e. The van der Waals surface area contributed by atoms with Gasteiger partial charge in [-0.1, -0.05) is 0 Å². The van der Waals surface area contributed by atoms with E-state index in [2.05, 4.69) is 9.98 Å². The lowest BCUT2D eigenvalue weighted by Gasteiger charge is -2.39. The number of nitrogens with two attached hydrogens (primary N) is 1. The van der Waals surface area contributed by atoms with Crippen molar-refractivity contribution in [2.24, 2.45) is 10.7 Å². The van der Waals surface area contributed by atoms with Crippen LogP contribution in [0.4, 0.5) is 5.69 Å². The Bertz CT molecular complexity index is 533. The molecule has 3 heterocycles. The number of fused-ring (bicyclic) bond motifs is 3. The fourth-order valence-electron chi connectivity index (χ4n) is 2.21. The highest BCUT2D eigenvalue weighted by Gasteiger charge is 2.31. The van der Waals surface area contributed by atoms with Crippen molar-refractivity contribution in [3.63, 3.8) is 0 Å². The SMILES string of the molecule is N#Cc1cc2c(cn1)N=C(N)N1CCOC[C@@H]21. The molecule has 0 bridgehead atoms. The third kappa shape index (κ3) is 1.52. The topological polar surface area (TPSA) is 87.5 Å². The molecule has 0 saturated carbocycles. The maximum atomic E-state index is 8.87. The van der Waals surface area contributed by atoms with E-state index in [1.165, 1.54) is 0 Å². The van der Waals surface area contributed by atoms with Gasteiger partial charge >= 0.3 is 0 Å². The summed E-state index contributed by atoms with van der Waals surface area (Å²) in [6, 6.07) is 3.84. The lowest BCUT2D eigenvalue weighted by Crippen LogP contribution is -2.48. The summed E-state index contributed by atoms with van der Waals surface area (Å²) in [7, 11) is 0. The molecule has 0 radical (unpaired) electrons. The zero-order valence-corrected chi connectivity index (χ0v) is 9.13. The highest BCUT2D eigenvalue weighted by molar-refractivity contribution is 5.84. The van der Waals surface area contributed by atoms with Gasteiger partial charge in [-0.15, -0.1) is 0 Å². The van der Waals surface area contributed by atoms with Gasteiger partial charge < -0.3 is 15.4 Å². The average Bonchev–Trinajstić information content (AvgIpc) is 2.39. The van der Waals surface area contributed by atoms with Crippen LogP contribution in [0, 0.1) is 11.3 Å². The Balaban J connectivity index is 2.12. The van der Waals surface area contributed by atoms with E-state index in [1.54, 1.807) is 12.3 Å². The van der Waals surface area contributed by atoms with Crippen LogP contribution in [-0.4, -0.2) is 35.6 Å². The molecule has 1 atom stereocenters. The summed E-state index contributed by atoms with van der Waals surface area (Å²) in [6.45, 7) is 1.94. The van der Waals surface area contributed by atoms with Crippen LogP contribution in [0.2, 0.25) is 0 Å². The molecule has 2 aliphatic rings. The van der Waals surface area contributed by atoms with Crippen LogP contribution in [0.3, 0.4) is 0 Å². The van der Waals surface area contributed by atoms with Crippen molar-refractivity contribution < 1.29 is 4.74 Å². The molecule has 0 aromatic carbocycles. The molecular weight excluding hydrogens is 218 g/mol. The van der Waals surface area contributed by atoms with E-state index in [0.717, 1.165) is 17.8 Å². The second-order valence-electron chi connectivity index (χ2n) is 3.99. The van der Waals surface area contributed by atoms with Gasteiger partial charge in [-0.3, -0.25) is 0 Å². The summed E-state index contributed by atoms with van der Waals surface area (Å²) in [6.07, 6.45) is 1.59. The van der Waals surface area contributed by atoms with Crippen molar-refractivity contribution in [3.05, 3.63) is 23.5 Å². The molecule has 17 heavy (non-hydrogen) atoms. The highest BCUT2D eigenvalue weighted by Crippen LogP contribution is 2.35. The maximum absolute atomic E-state index is 8.87. The Morgan fingerprint density at radius 1 is 1.59 bits per heavy atom. The van der Waals surface area contributed by atoms with Crippen molar-refractivity contribution in [1.82, 2.24) is 9.88 Å². The van der Waals surface area contributed by atoms with Gasteiger partial charge in [-0.05, 0) is 6.07 Å².